The number of piperidine rings is 1. The van der Waals surface area contributed by atoms with Crippen LogP contribution in [-0.4, -0.2) is 28.6 Å². The second-order valence-corrected chi connectivity index (χ2v) is 6.59. The molecule has 2 aromatic rings. The summed E-state index contributed by atoms with van der Waals surface area (Å²) in [7, 11) is 0. The molecule has 1 saturated heterocycles. The molecule has 2 aromatic heterocycles. The maximum atomic E-state index is 13.3. The minimum Gasteiger partial charge on any atom is -0.371 e. The van der Waals surface area contributed by atoms with Crippen LogP contribution in [0.25, 0.3) is 11.2 Å². The summed E-state index contributed by atoms with van der Waals surface area (Å²) in [6.07, 6.45) is 11.4. The highest BCUT2D eigenvalue weighted by Gasteiger charge is 2.19. The van der Waals surface area contributed by atoms with Gasteiger partial charge in [-0.1, -0.05) is 17.7 Å². The van der Waals surface area contributed by atoms with Gasteiger partial charge in [0.2, 0.25) is 0 Å². The number of aromatic nitrogens is 2. The van der Waals surface area contributed by atoms with Crippen molar-refractivity contribution in [3.8, 4) is 0 Å². The van der Waals surface area contributed by atoms with Crippen LogP contribution in [0.2, 0.25) is 0 Å². The number of hydrogen-bond acceptors (Lipinski definition) is 2. The third kappa shape index (κ3) is 2.90. The van der Waals surface area contributed by atoms with Crippen LogP contribution >= 0.6 is 0 Å². The molecule has 1 aliphatic heterocycles. The first-order valence-corrected chi connectivity index (χ1v) is 8.44. The summed E-state index contributed by atoms with van der Waals surface area (Å²) in [4.78, 5) is 7.07. The van der Waals surface area contributed by atoms with Gasteiger partial charge < -0.3 is 9.30 Å². The van der Waals surface area contributed by atoms with Gasteiger partial charge >= 0.3 is 0 Å². The highest BCUT2D eigenvalue weighted by Crippen LogP contribution is 2.27. The van der Waals surface area contributed by atoms with E-state index in [2.05, 4.69) is 52.9 Å². The fourth-order valence-corrected chi connectivity index (χ4v) is 3.49. The van der Waals surface area contributed by atoms with Crippen LogP contribution in [0, 0.1) is 0 Å². The second kappa shape index (κ2) is 5.84. The maximum Gasteiger partial charge on any atom is 0.139 e. The van der Waals surface area contributed by atoms with Crippen molar-refractivity contribution >= 4 is 16.9 Å². The molecular weight excluding hydrogens is 289 g/mol. The Balaban J connectivity index is 1.63. The lowest BCUT2D eigenvalue weighted by molar-refractivity contribution is 0.277. The van der Waals surface area contributed by atoms with Crippen molar-refractivity contribution in [1.82, 2.24) is 9.38 Å². The van der Waals surface area contributed by atoms with E-state index >= 15 is 0 Å². The molecule has 0 unspecified atom stereocenters. The zero-order valence-corrected chi connectivity index (χ0v) is 13.5. The molecule has 23 heavy (non-hydrogen) atoms. The zero-order valence-electron chi connectivity index (χ0n) is 13.5. The zero-order chi connectivity index (χ0) is 15.8. The summed E-state index contributed by atoms with van der Waals surface area (Å²) in [6.45, 7) is 3.72. The summed E-state index contributed by atoms with van der Waals surface area (Å²) >= 11 is 0. The van der Waals surface area contributed by atoms with E-state index in [1.807, 2.05) is 0 Å². The van der Waals surface area contributed by atoms with E-state index in [9.17, 15) is 4.39 Å². The van der Waals surface area contributed by atoms with Crippen LogP contribution in [0.4, 0.5) is 10.1 Å². The number of imidazole rings is 1. The Hall–Kier alpha value is -2.10. The van der Waals surface area contributed by atoms with Gasteiger partial charge in [0, 0.05) is 37.2 Å². The monoisotopic (exact) mass is 311 g/mol. The fraction of sp³-hybridized carbons (Fsp3) is 0.421. The number of fused-ring (bicyclic) bond motifs is 1. The average Bonchev–Trinajstić information content (AvgIpc) is 2.99. The molecule has 3 nitrogen and oxygen atoms in total. The molecule has 0 spiro atoms. The van der Waals surface area contributed by atoms with Gasteiger partial charge in [-0.25, -0.2) is 9.37 Å². The molecule has 0 radical (unpaired) electrons. The topological polar surface area (TPSA) is 20.5 Å². The van der Waals surface area contributed by atoms with Gasteiger partial charge in [-0.05, 0) is 44.2 Å². The normalized spacial score (nSPS) is 19.8. The van der Waals surface area contributed by atoms with E-state index in [0.717, 1.165) is 43.0 Å². The van der Waals surface area contributed by atoms with Crippen LogP contribution in [0.1, 0.15) is 38.3 Å². The Morgan fingerprint density at radius 3 is 2.87 bits per heavy atom. The SMILES string of the molecule is CC1=CCCC(c2cn3ccc(N4CCC(F)CC4)cc3n2)=C1. The smallest absolute Gasteiger partial charge is 0.139 e. The lowest BCUT2D eigenvalue weighted by atomic mass is 9.98. The molecule has 0 N–H and O–H groups in total. The molecule has 4 heteroatoms. The Kier molecular flexibility index (Phi) is 3.68. The highest BCUT2D eigenvalue weighted by atomic mass is 19.1. The predicted molar refractivity (Wildman–Crippen MR) is 92.5 cm³/mol. The van der Waals surface area contributed by atoms with Gasteiger partial charge in [-0.15, -0.1) is 0 Å². The van der Waals surface area contributed by atoms with Crippen molar-refractivity contribution < 1.29 is 4.39 Å². The van der Waals surface area contributed by atoms with Gasteiger partial charge in [-0.3, -0.25) is 0 Å². The Labute approximate surface area is 136 Å². The van der Waals surface area contributed by atoms with Crippen molar-refractivity contribution in [2.75, 3.05) is 18.0 Å². The van der Waals surface area contributed by atoms with Crippen molar-refractivity contribution in [1.29, 1.82) is 0 Å². The molecule has 0 aromatic carbocycles. The van der Waals surface area contributed by atoms with Gasteiger partial charge in [0.05, 0.1) is 5.69 Å². The Morgan fingerprint density at radius 2 is 2.09 bits per heavy atom. The summed E-state index contributed by atoms with van der Waals surface area (Å²) in [5.41, 5.74) is 5.81. The number of alkyl halides is 1. The van der Waals surface area contributed by atoms with E-state index in [1.54, 1.807) is 0 Å². The van der Waals surface area contributed by atoms with E-state index in [1.165, 1.54) is 11.1 Å². The number of nitrogens with zero attached hydrogens (tertiary/aromatic N) is 3. The summed E-state index contributed by atoms with van der Waals surface area (Å²) in [5, 5.41) is 0. The summed E-state index contributed by atoms with van der Waals surface area (Å²) in [5.74, 6) is 0. The van der Waals surface area contributed by atoms with E-state index in [-0.39, 0.29) is 0 Å². The molecule has 0 atom stereocenters. The Morgan fingerprint density at radius 1 is 1.26 bits per heavy atom. The third-order valence-electron chi connectivity index (χ3n) is 4.84. The first-order chi connectivity index (χ1) is 11.2. The second-order valence-electron chi connectivity index (χ2n) is 6.59. The van der Waals surface area contributed by atoms with Crippen molar-refractivity contribution in [2.24, 2.45) is 0 Å². The largest absolute Gasteiger partial charge is 0.371 e. The lowest BCUT2D eigenvalue weighted by Gasteiger charge is -2.30. The molecule has 0 amide bonds. The molecule has 0 bridgehead atoms. The van der Waals surface area contributed by atoms with Crippen LogP contribution in [0.3, 0.4) is 0 Å². The highest BCUT2D eigenvalue weighted by molar-refractivity contribution is 5.69. The number of anilines is 1. The quantitative estimate of drug-likeness (QED) is 0.819. The van der Waals surface area contributed by atoms with Gasteiger partial charge in [0.15, 0.2) is 0 Å². The first-order valence-electron chi connectivity index (χ1n) is 8.44. The molecule has 0 saturated carbocycles. The number of rotatable bonds is 2. The lowest BCUT2D eigenvalue weighted by Crippen LogP contribution is -2.34. The van der Waals surface area contributed by atoms with E-state index in [0.29, 0.717) is 12.8 Å². The molecule has 2 aliphatic rings. The molecule has 1 aliphatic carbocycles. The fourth-order valence-electron chi connectivity index (χ4n) is 3.49. The first kappa shape index (κ1) is 14.5. The van der Waals surface area contributed by atoms with Crippen molar-refractivity contribution in [3.63, 3.8) is 0 Å². The molecular formula is C19H22FN3. The number of allylic oxidation sites excluding steroid dienone is 4. The standard InChI is InChI=1S/C19H22FN3/c1-14-3-2-4-15(11-14)18-13-23-10-7-17(12-19(23)21-18)22-8-5-16(20)6-9-22/h3,7,10-13,16H,2,4-6,8-9H2,1H3. The number of hydrogen-bond donors (Lipinski definition) is 0. The molecule has 120 valence electrons. The van der Waals surface area contributed by atoms with Crippen LogP contribution in [-0.2, 0) is 0 Å². The van der Waals surface area contributed by atoms with Crippen LogP contribution in [0.5, 0.6) is 0 Å². The van der Waals surface area contributed by atoms with E-state index < -0.39 is 6.17 Å². The number of halogens is 1. The molecule has 1 fully saturated rings. The van der Waals surface area contributed by atoms with Crippen LogP contribution < -0.4 is 4.90 Å². The average molecular weight is 311 g/mol. The van der Waals surface area contributed by atoms with Crippen molar-refractivity contribution in [3.05, 3.63) is 47.9 Å². The summed E-state index contributed by atoms with van der Waals surface area (Å²) < 4.78 is 15.4. The van der Waals surface area contributed by atoms with Crippen LogP contribution in [0.15, 0.2) is 42.3 Å². The van der Waals surface area contributed by atoms with E-state index in [4.69, 9.17) is 4.98 Å². The third-order valence-corrected chi connectivity index (χ3v) is 4.84. The van der Waals surface area contributed by atoms with Gasteiger partial charge in [-0.2, -0.15) is 0 Å². The minimum atomic E-state index is -0.637. The summed E-state index contributed by atoms with van der Waals surface area (Å²) in [6, 6.07) is 4.23. The van der Waals surface area contributed by atoms with Gasteiger partial charge in [0.1, 0.15) is 11.8 Å². The van der Waals surface area contributed by atoms with Gasteiger partial charge in [0.25, 0.3) is 0 Å². The minimum absolute atomic E-state index is 0.628. The predicted octanol–water partition coefficient (Wildman–Crippen LogP) is 4.40. The molecule has 4 rings (SSSR count). The number of pyridine rings is 1. The van der Waals surface area contributed by atoms with Crippen molar-refractivity contribution in [2.45, 2.75) is 38.8 Å². The maximum absolute atomic E-state index is 13.3. The Bertz CT molecular complexity index is 779. The molecule has 3 heterocycles.